The number of esters is 1. The summed E-state index contributed by atoms with van der Waals surface area (Å²) in [6.45, 7) is 0.977. The third-order valence-corrected chi connectivity index (χ3v) is 7.84. The maximum atomic E-state index is 12.7. The zero-order valence-electron chi connectivity index (χ0n) is 23.8. The molecule has 1 fully saturated rings. The number of allylic oxidation sites excluding steroid dienone is 1. The summed E-state index contributed by atoms with van der Waals surface area (Å²) >= 11 is 0. The normalized spacial score (nSPS) is 17.7. The summed E-state index contributed by atoms with van der Waals surface area (Å²) in [5, 5.41) is 3.05. The molecule has 1 saturated carbocycles. The molecule has 2 aliphatic rings. The van der Waals surface area contributed by atoms with Crippen LogP contribution in [-0.4, -0.2) is 49.1 Å². The topological polar surface area (TPSA) is 89.9 Å². The Labute approximate surface area is 238 Å². The minimum atomic E-state index is -0.496. The van der Waals surface area contributed by atoms with E-state index in [0.717, 1.165) is 53.9 Å². The second-order valence-electron chi connectivity index (χ2n) is 10.8. The number of aliphatic imine (C=N–C) groups is 1. The van der Waals surface area contributed by atoms with Crippen molar-refractivity contribution in [3.05, 3.63) is 71.6 Å². The number of hydrogen-bond donors (Lipinski definition) is 1. The molecule has 1 aromatic carbocycles. The summed E-state index contributed by atoms with van der Waals surface area (Å²) in [7, 11) is 1.42. The van der Waals surface area contributed by atoms with Gasteiger partial charge in [0.15, 0.2) is 6.04 Å². The van der Waals surface area contributed by atoms with Crippen molar-refractivity contribution in [2.24, 2.45) is 10.9 Å². The van der Waals surface area contributed by atoms with Crippen LogP contribution in [0.3, 0.4) is 0 Å². The average molecular weight is 546 g/mol. The maximum Gasteiger partial charge on any atom is 0.305 e. The van der Waals surface area contributed by atoms with Gasteiger partial charge in [0.25, 0.3) is 0 Å². The molecular weight excluding hydrogens is 502 g/mol. The summed E-state index contributed by atoms with van der Waals surface area (Å²) in [4.78, 5) is 32.9. The van der Waals surface area contributed by atoms with Crippen LogP contribution in [0, 0.1) is 5.92 Å². The summed E-state index contributed by atoms with van der Waals surface area (Å²) < 4.78 is 10.5. The first-order valence-electron chi connectivity index (χ1n) is 14.9. The third-order valence-electron chi connectivity index (χ3n) is 7.84. The van der Waals surface area contributed by atoms with E-state index in [9.17, 15) is 9.59 Å². The number of benzene rings is 1. The monoisotopic (exact) mass is 545 g/mol. The number of amides is 1. The van der Waals surface area contributed by atoms with Crippen molar-refractivity contribution in [1.82, 2.24) is 10.3 Å². The fourth-order valence-corrected chi connectivity index (χ4v) is 5.51. The van der Waals surface area contributed by atoms with Gasteiger partial charge in [-0.05, 0) is 60.9 Å². The van der Waals surface area contributed by atoms with Gasteiger partial charge in [0.1, 0.15) is 6.61 Å². The third kappa shape index (κ3) is 9.04. The summed E-state index contributed by atoms with van der Waals surface area (Å²) in [6, 6.07) is 11.6. The molecule has 1 aliphatic carbocycles. The molecule has 40 heavy (non-hydrogen) atoms. The van der Waals surface area contributed by atoms with Gasteiger partial charge in [-0.25, -0.2) is 4.99 Å². The van der Waals surface area contributed by atoms with Gasteiger partial charge in [0, 0.05) is 36.5 Å². The van der Waals surface area contributed by atoms with Gasteiger partial charge in [-0.15, -0.1) is 0 Å². The molecule has 0 unspecified atom stereocenters. The number of nitrogens with one attached hydrogen (secondary N) is 1. The first-order valence-corrected chi connectivity index (χ1v) is 14.9. The van der Waals surface area contributed by atoms with E-state index in [0.29, 0.717) is 18.9 Å². The van der Waals surface area contributed by atoms with Gasteiger partial charge < -0.3 is 14.8 Å². The van der Waals surface area contributed by atoms with Crippen LogP contribution >= 0.6 is 0 Å². The maximum absolute atomic E-state index is 12.7. The van der Waals surface area contributed by atoms with Gasteiger partial charge in [0.05, 0.1) is 7.11 Å². The van der Waals surface area contributed by atoms with Gasteiger partial charge >= 0.3 is 5.97 Å². The number of methoxy groups -OCH3 is 1. The first-order chi connectivity index (χ1) is 19.6. The lowest BCUT2D eigenvalue weighted by Crippen LogP contribution is -2.34. The number of unbranched alkanes of at least 4 members (excludes halogenated alkanes) is 3. The molecule has 0 bridgehead atoms. The first kappa shape index (κ1) is 29.5. The highest BCUT2D eigenvalue weighted by atomic mass is 16.5. The molecule has 214 valence electrons. The van der Waals surface area contributed by atoms with Crippen molar-refractivity contribution in [1.29, 1.82) is 0 Å². The van der Waals surface area contributed by atoms with Crippen molar-refractivity contribution >= 4 is 23.3 Å². The molecule has 1 N–H and O–H groups in total. The molecule has 7 heteroatoms. The van der Waals surface area contributed by atoms with Gasteiger partial charge in [-0.2, -0.15) is 0 Å². The summed E-state index contributed by atoms with van der Waals surface area (Å²) in [5.41, 5.74) is 4.04. The van der Waals surface area contributed by atoms with Crippen LogP contribution in [0.5, 0.6) is 0 Å². The van der Waals surface area contributed by atoms with Crippen LogP contribution in [0.2, 0.25) is 0 Å². The van der Waals surface area contributed by atoms with Crippen molar-refractivity contribution in [3.8, 4) is 0 Å². The SMILES string of the molecule is COC(=O)CCCC/C=C(\c1ccc(C2=N[C@H](C(=O)NCCCCC3CCCCC3)CO2)cc1)c1cccnc1. The fourth-order valence-electron chi connectivity index (χ4n) is 5.51. The van der Waals surface area contributed by atoms with Crippen LogP contribution < -0.4 is 5.32 Å². The highest BCUT2D eigenvalue weighted by Gasteiger charge is 2.26. The second kappa shape index (κ2) is 15.9. The minimum absolute atomic E-state index is 0.0571. The predicted octanol–water partition coefficient (Wildman–Crippen LogP) is 6.26. The number of ether oxygens (including phenoxy) is 2. The number of aromatic nitrogens is 1. The standard InChI is InChI=1S/C33H43N3O4/c1-39-31(37)16-7-3-6-15-29(28-14-10-21-34-23-28)26-17-19-27(20-18-26)33-36-30(24-40-33)32(38)35-22-9-8-13-25-11-4-2-5-12-25/h10,14-15,17-21,23,25,30H,2-9,11-13,16,22,24H2,1H3,(H,35,38)/b29-15+/t30-/m0/s1. The Balaban J connectivity index is 1.29. The lowest BCUT2D eigenvalue weighted by Gasteiger charge is -2.21. The van der Waals surface area contributed by atoms with Crippen LogP contribution in [-0.2, 0) is 19.1 Å². The van der Waals surface area contributed by atoms with E-state index in [1.807, 2.05) is 42.6 Å². The van der Waals surface area contributed by atoms with E-state index in [1.54, 1.807) is 6.20 Å². The Hall–Kier alpha value is -3.48. The van der Waals surface area contributed by atoms with Crippen molar-refractivity contribution in [2.45, 2.75) is 83.1 Å². The van der Waals surface area contributed by atoms with Crippen molar-refractivity contribution in [2.75, 3.05) is 20.3 Å². The van der Waals surface area contributed by atoms with Crippen LogP contribution in [0.25, 0.3) is 5.57 Å². The smallest absolute Gasteiger partial charge is 0.305 e. The molecule has 1 aliphatic heterocycles. The van der Waals surface area contributed by atoms with E-state index >= 15 is 0 Å². The molecule has 0 spiro atoms. The molecule has 1 atom stereocenters. The van der Waals surface area contributed by atoms with Gasteiger partial charge in [-0.1, -0.05) is 69.2 Å². The Morgan fingerprint density at radius 3 is 2.60 bits per heavy atom. The quantitative estimate of drug-likeness (QED) is 0.224. The lowest BCUT2D eigenvalue weighted by molar-refractivity contribution is -0.140. The number of carbonyl (C=O) groups excluding carboxylic acids is 2. The number of hydrogen-bond acceptors (Lipinski definition) is 6. The number of nitrogens with zero attached hydrogens (tertiary/aromatic N) is 2. The van der Waals surface area contributed by atoms with E-state index < -0.39 is 6.04 Å². The zero-order valence-corrected chi connectivity index (χ0v) is 23.8. The Morgan fingerprint density at radius 1 is 1.02 bits per heavy atom. The van der Waals surface area contributed by atoms with Crippen LogP contribution in [0.4, 0.5) is 0 Å². The van der Waals surface area contributed by atoms with E-state index in [4.69, 9.17) is 9.47 Å². The van der Waals surface area contributed by atoms with Crippen molar-refractivity contribution < 1.29 is 19.1 Å². The minimum Gasteiger partial charge on any atom is -0.475 e. The highest BCUT2D eigenvalue weighted by Crippen LogP contribution is 2.28. The van der Waals surface area contributed by atoms with Crippen molar-refractivity contribution in [3.63, 3.8) is 0 Å². The highest BCUT2D eigenvalue weighted by molar-refractivity contribution is 5.98. The van der Waals surface area contributed by atoms with E-state index in [2.05, 4.69) is 21.4 Å². The van der Waals surface area contributed by atoms with Crippen LogP contribution in [0.15, 0.2) is 59.9 Å². The molecule has 2 heterocycles. The molecule has 2 aromatic rings. The second-order valence-corrected chi connectivity index (χ2v) is 10.8. The predicted molar refractivity (Wildman–Crippen MR) is 158 cm³/mol. The average Bonchev–Trinajstić information content (AvgIpc) is 3.50. The summed E-state index contributed by atoms with van der Waals surface area (Å²) in [5.74, 6) is 1.17. The van der Waals surface area contributed by atoms with E-state index in [1.165, 1.54) is 52.1 Å². The molecule has 0 saturated heterocycles. The lowest BCUT2D eigenvalue weighted by atomic mass is 9.86. The Kier molecular flexibility index (Phi) is 11.8. The number of pyridine rings is 1. The molecule has 1 aromatic heterocycles. The van der Waals surface area contributed by atoms with E-state index in [-0.39, 0.29) is 18.5 Å². The molecule has 0 radical (unpaired) electrons. The van der Waals surface area contributed by atoms with Gasteiger partial charge in [0.2, 0.25) is 11.8 Å². The zero-order chi connectivity index (χ0) is 28.0. The molecular formula is C33H43N3O4. The number of carbonyl (C=O) groups is 2. The number of rotatable bonds is 14. The summed E-state index contributed by atoms with van der Waals surface area (Å²) in [6.07, 6.45) is 19.2. The Bertz CT molecular complexity index is 1140. The van der Waals surface area contributed by atoms with Crippen LogP contribution in [0.1, 0.15) is 93.7 Å². The molecule has 7 nitrogen and oxygen atoms in total. The van der Waals surface area contributed by atoms with Gasteiger partial charge in [-0.3, -0.25) is 14.6 Å². The molecule has 1 amide bonds. The fraction of sp³-hybridized carbons (Fsp3) is 0.515. The molecule has 4 rings (SSSR count). The largest absolute Gasteiger partial charge is 0.475 e. The Morgan fingerprint density at radius 2 is 1.85 bits per heavy atom.